The molecular weight excluding hydrogens is 428 g/mol. The van der Waals surface area contributed by atoms with Crippen LogP contribution in [0.5, 0.6) is 0 Å². The van der Waals surface area contributed by atoms with E-state index >= 15 is 0 Å². The topological polar surface area (TPSA) is 98.8 Å². The summed E-state index contributed by atoms with van der Waals surface area (Å²) in [5.74, 6) is -0.589. The van der Waals surface area contributed by atoms with E-state index in [1.165, 1.54) is 17.1 Å². The van der Waals surface area contributed by atoms with E-state index in [1.54, 1.807) is 6.92 Å². The van der Waals surface area contributed by atoms with Crippen LogP contribution in [-0.4, -0.2) is 62.5 Å². The van der Waals surface area contributed by atoms with Crippen molar-refractivity contribution in [1.29, 1.82) is 0 Å². The fourth-order valence-electron chi connectivity index (χ4n) is 4.41. The predicted molar refractivity (Wildman–Crippen MR) is 127 cm³/mol. The summed E-state index contributed by atoms with van der Waals surface area (Å²) < 4.78 is 25.5. The molecule has 178 valence electrons. The number of sulfonamides is 1. The molecule has 2 aliphatic rings. The first kappa shape index (κ1) is 24.5. The molecule has 2 amide bonds. The SMILES string of the molecule is CCCC(NC(=O)C1CCN(S(=O)(=O)CC)CC1)C(=O)Nc1cccc(N2CCCC2)c1. The molecule has 0 saturated carbocycles. The van der Waals surface area contributed by atoms with E-state index in [1.807, 2.05) is 25.1 Å². The quantitative estimate of drug-likeness (QED) is 0.585. The fourth-order valence-corrected chi connectivity index (χ4v) is 5.54. The van der Waals surface area contributed by atoms with Crippen molar-refractivity contribution in [3.8, 4) is 0 Å². The molecular formula is C23H36N4O4S. The first-order valence-corrected chi connectivity index (χ1v) is 13.4. The highest BCUT2D eigenvalue weighted by Crippen LogP contribution is 2.24. The van der Waals surface area contributed by atoms with Gasteiger partial charge in [-0.15, -0.1) is 0 Å². The molecule has 2 aliphatic heterocycles. The Morgan fingerprint density at radius 1 is 1.09 bits per heavy atom. The van der Waals surface area contributed by atoms with Gasteiger partial charge in [0.15, 0.2) is 0 Å². The Balaban J connectivity index is 1.57. The monoisotopic (exact) mass is 464 g/mol. The van der Waals surface area contributed by atoms with Gasteiger partial charge in [0.05, 0.1) is 5.75 Å². The molecule has 0 aliphatic carbocycles. The van der Waals surface area contributed by atoms with Crippen LogP contribution in [0.2, 0.25) is 0 Å². The van der Waals surface area contributed by atoms with Crippen molar-refractivity contribution in [2.24, 2.45) is 5.92 Å². The van der Waals surface area contributed by atoms with E-state index in [9.17, 15) is 18.0 Å². The van der Waals surface area contributed by atoms with Gasteiger partial charge in [-0.3, -0.25) is 9.59 Å². The summed E-state index contributed by atoms with van der Waals surface area (Å²) >= 11 is 0. The summed E-state index contributed by atoms with van der Waals surface area (Å²) in [6.45, 7) is 6.37. The maximum absolute atomic E-state index is 12.9. The van der Waals surface area contributed by atoms with Gasteiger partial charge in [0.2, 0.25) is 21.8 Å². The van der Waals surface area contributed by atoms with Gasteiger partial charge in [0, 0.05) is 43.5 Å². The van der Waals surface area contributed by atoms with Crippen molar-refractivity contribution in [2.45, 2.75) is 58.4 Å². The summed E-state index contributed by atoms with van der Waals surface area (Å²) in [5, 5.41) is 5.88. The summed E-state index contributed by atoms with van der Waals surface area (Å²) in [7, 11) is -3.23. The third-order valence-electron chi connectivity index (χ3n) is 6.38. The van der Waals surface area contributed by atoms with Crippen LogP contribution in [0.4, 0.5) is 11.4 Å². The number of nitrogens with zero attached hydrogens (tertiary/aromatic N) is 2. The maximum atomic E-state index is 12.9. The molecule has 2 heterocycles. The Kier molecular flexibility index (Phi) is 8.53. The fraction of sp³-hybridized carbons (Fsp3) is 0.652. The number of hydrogen-bond donors (Lipinski definition) is 2. The number of nitrogens with one attached hydrogen (secondary N) is 2. The Morgan fingerprint density at radius 2 is 1.78 bits per heavy atom. The van der Waals surface area contributed by atoms with Crippen molar-refractivity contribution in [2.75, 3.05) is 42.1 Å². The van der Waals surface area contributed by atoms with Crippen molar-refractivity contribution in [1.82, 2.24) is 9.62 Å². The lowest BCUT2D eigenvalue weighted by atomic mass is 9.96. The molecule has 9 heteroatoms. The number of anilines is 2. The molecule has 32 heavy (non-hydrogen) atoms. The Labute approximate surface area is 191 Å². The summed E-state index contributed by atoms with van der Waals surface area (Å²) in [5.41, 5.74) is 1.83. The average Bonchev–Trinajstić information content (AvgIpc) is 3.34. The van der Waals surface area contributed by atoms with Crippen LogP contribution in [-0.2, 0) is 19.6 Å². The lowest BCUT2D eigenvalue weighted by Gasteiger charge is -2.31. The molecule has 1 unspecified atom stereocenters. The van der Waals surface area contributed by atoms with Crippen LogP contribution in [0.15, 0.2) is 24.3 Å². The van der Waals surface area contributed by atoms with E-state index in [0.29, 0.717) is 32.4 Å². The minimum Gasteiger partial charge on any atom is -0.371 e. The standard InChI is InChI=1S/C23H36N4O4S/c1-3-8-21(25-22(28)18-11-15-27(16-12-18)32(30,31)4-2)23(29)24-19-9-7-10-20(17-19)26-13-5-6-14-26/h7,9-10,17-18,21H,3-6,8,11-16H2,1-2H3,(H,24,29)(H,25,28). The molecule has 1 aromatic rings. The molecule has 2 fully saturated rings. The van der Waals surface area contributed by atoms with E-state index in [-0.39, 0.29) is 23.5 Å². The maximum Gasteiger partial charge on any atom is 0.246 e. The van der Waals surface area contributed by atoms with Crippen LogP contribution in [0.1, 0.15) is 52.4 Å². The molecule has 0 spiro atoms. The summed E-state index contributed by atoms with van der Waals surface area (Å²) in [4.78, 5) is 28.1. The number of rotatable bonds is 9. The number of carbonyl (C=O) groups excluding carboxylic acids is 2. The van der Waals surface area contributed by atoms with Gasteiger partial charge in [-0.2, -0.15) is 0 Å². The number of piperidine rings is 1. The van der Waals surface area contributed by atoms with Crippen LogP contribution in [0.3, 0.4) is 0 Å². The average molecular weight is 465 g/mol. The normalized spacial score (nSPS) is 19.0. The van der Waals surface area contributed by atoms with E-state index in [4.69, 9.17) is 0 Å². The summed E-state index contributed by atoms with van der Waals surface area (Å²) in [6.07, 6.45) is 4.63. The van der Waals surface area contributed by atoms with Gasteiger partial charge in [-0.05, 0) is 57.2 Å². The van der Waals surface area contributed by atoms with Crippen molar-refractivity contribution in [3.63, 3.8) is 0 Å². The number of amides is 2. The second kappa shape index (κ2) is 11.1. The van der Waals surface area contributed by atoms with E-state index in [0.717, 1.165) is 30.9 Å². The van der Waals surface area contributed by atoms with Gasteiger partial charge in [0.1, 0.15) is 6.04 Å². The predicted octanol–water partition coefficient (Wildman–Crippen LogP) is 2.57. The van der Waals surface area contributed by atoms with Crippen molar-refractivity contribution < 1.29 is 18.0 Å². The molecule has 1 atom stereocenters. The Bertz CT molecular complexity index is 891. The second-order valence-electron chi connectivity index (χ2n) is 8.66. The third kappa shape index (κ3) is 6.22. The Hall–Kier alpha value is -2.13. The first-order valence-electron chi connectivity index (χ1n) is 11.8. The zero-order chi connectivity index (χ0) is 23.1. The smallest absolute Gasteiger partial charge is 0.246 e. The zero-order valence-electron chi connectivity index (χ0n) is 19.2. The second-order valence-corrected chi connectivity index (χ2v) is 10.9. The lowest BCUT2D eigenvalue weighted by Crippen LogP contribution is -2.49. The number of hydrogen-bond acceptors (Lipinski definition) is 5. The first-order chi connectivity index (χ1) is 15.3. The van der Waals surface area contributed by atoms with Gasteiger partial charge in [-0.25, -0.2) is 12.7 Å². The minimum absolute atomic E-state index is 0.0710. The highest BCUT2D eigenvalue weighted by Gasteiger charge is 2.32. The third-order valence-corrected chi connectivity index (χ3v) is 8.26. The van der Waals surface area contributed by atoms with Crippen molar-refractivity contribution in [3.05, 3.63) is 24.3 Å². The summed E-state index contributed by atoms with van der Waals surface area (Å²) in [6, 6.07) is 7.23. The number of benzene rings is 1. The van der Waals surface area contributed by atoms with E-state index in [2.05, 4.69) is 21.6 Å². The lowest BCUT2D eigenvalue weighted by molar-refractivity contribution is -0.130. The molecule has 0 radical (unpaired) electrons. The van der Waals surface area contributed by atoms with Crippen LogP contribution in [0.25, 0.3) is 0 Å². The number of carbonyl (C=O) groups is 2. The molecule has 3 rings (SSSR count). The molecule has 2 N–H and O–H groups in total. The van der Waals surface area contributed by atoms with Crippen LogP contribution in [0, 0.1) is 5.92 Å². The zero-order valence-corrected chi connectivity index (χ0v) is 20.0. The minimum atomic E-state index is -3.23. The molecule has 8 nitrogen and oxygen atoms in total. The van der Waals surface area contributed by atoms with Crippen LogP contribution >= 0.6 is 0 Å². The molecule has 0 aromatic heterocycles. The van der Waals surface area contributed by atoms with Crippen LogP contribution < -0.4 is 15.5 Å². The van der Waals surface area contributed by atoms with Crippen molar-refractivity contribution >= 4 is 33.2 Å². The highest BCUT2D eigenvalue weighted by molar-refractivity contribution is 7.89. The molecule has 0 bridgehead atoms. The largest absolute Gasteiger partial charge is 0.371 e. The highest BCUT2D eigenvalue weighted by atomic mass is 32.2. The van der Waals surface area contributed by atoms with Gasteiger partial charge < -0.3 is 15.5 Å². The van der Waals surface area contributed by atoms with Gasteiger partial charge in [-0.1, -0.05) is 19.4 Å². The molecule has 1 aromatic carbocycles. The van der Waals surface area contributed by atoms with Gasteiger partial charge >= 0.3 is 0 Å². The van der Waals surface area contributed by atoms with E-state index < -0.39 is 16.1 Å². The van der Waals surface area contributed by atoms with Gasteiger partial charge in [0.25, 0.3) is 0 Å². The Morgan fingerprint density at radius 3 is 2.41 bits per heavy atom. The molecule has 2 saturated heterocycles.